The van der Waals surface area contributed by atoms with Crippen molar-refractivity contribution in [2.24, 2.45) is 5.92 Å². The number of nitrogens with zero attached hydrogens (tertiary/aromatic N) is 2. The van der Waals surface area contributed by atoms with Crippen LogP contribution in [0, 0.1) is 5.92 Å². The molecule has 1 fully saturated rings. The highest BCUT2D eigenvalue weighted by Crippen LogP contribution is 2.20. The molecule has 1 saturated heterocycles. The van der Waals surface area contributed by atoms with Crippen LogP contribution in [0.25, 0.3) is 0 Å². The zero-order chi connectivity index (χ0) is 19.9. The van der Waals surface area contributed by atoms with Gasteiger partial charge in [-0.2, -0.15) is 0 Å². The Hall–Kier alpha value is -2.37. The minimum absolute atomic E-state index is 0. The first-order valence-electron chi connectivity index (χ1n) is 10.0. The van der Waals surface area contributed by atoms with Crippen molar-refractivity contribution in [1.82, 2.24) is 10.2 Å². The fourth-order valence-corrected chi connectivity index (χ4v) is 3.62. The number of halogens is 1. The van der Waals surface area contributed by atoms with Crippen molar-refractivity contribution in [2.75, 3.05) is 38.1 Å². The summed E-state index contributed by atoms with van der Waals surface area (Å²) in [5.74, 6) is 0.528. The molecule has 0 aromatic heterocycles. The van der Waals surface area contributed by atoms with E-state index in [-0.39, 0.29) is 24.2 Å². The Kier molecular flexibility index (Phi) is 8.68. The third-order valence-corrected chi connectivity index (χ3v) is 5.39. The molecule has 2 aromatic carbocycles. The molecule has 1 heterocycles. The molecule has 3 rings (SSSR count). The second-order valence-electron chi connectivity index (χ2n) is 7.32. The fourth-order valence-electron chi connectivity index (χ4n) is 3.62. The summed E-state index contributed by atoms with van der Waals surface area (Å²) >= 11 is 0. The number of carbonyl (C=O) groups is 2. The molecule has 1 aliphatic heterocycles. The van der Waals surface area contributed by atoms with Crippen molar-refractivity contribution in [3.05, 3.63) is 65.7 Å². The normalized spacial score (nSPS) is 14.2. The van der Waals surface area contributed by atoms with Crippen LogP contribution in [0.15, 0.2) is 54.6 Å². The lowest BCUT2D eigenvalue weighted by molar-refractivity contribution is 0.0690. The van der Waals surface area contributed by atoms with Crippen LogP contribution in [-0.2, 0) is 0 Å². The van der Waals surface area contributed by atoms with Gasteiger partial charge in [0.05, 0.1) is 0 Å². The SMILES string of the molecule is CCNCC1CCN(C(=O)c2cccc(C(=O)N(C)c3ccccc3)c2)CC1.Cl. The lowest BCUT2D eigenvalue weighted by Gasteiger charge is -2.32. The first-order valence-corrected chi connectivity index (χ1v) is 10.0. The topological polar surface area (TPSA) is 52.7 Å². The average Bonchev–Trinajstić information content (AvgIpc) is 2.77. The van der Waals surface area contributed by atoms with E-state index in [1.807, 2.05) is 35.2 Å². The van der Waals surface area contributed by atoms with Gasteiger partial charge in [0.2, 0.25) is 0 Å². The number of hydrogen-bond donors (Lipinski definition) is 1. The summed E-state index contributed by atoms with van der Waals surface area (Å²) < 4.78 is 0. The lowest BCUT2D eigenvalue weighted by atomic mass is 9.96. The summed E-state index contributed by atoms with van der Waals surface area (Å²) in [6.45, 7) is 5.67. The van der Waals surface area contributed by atoms with Crippen LogP contribution >= 0.6 is 12.4 Å². The maximum Gasteiger partial charge on any atom is 0.258 e. The molecule has 1 aliphatic rings. The van der Waals surface area contributed by atoms with Gasteiger partial charge in [0.15, 0.2) is 0 Å². The monoisotopic (exact) mass is 415 g/mol. The quantitative estimate of drug-likeness (QED) is 0.779. The molecular weight excluding hydrogens is 386 g/mol. The summed E-state index contributed by atoms with van der Waals surface area (Å²) in [6, 6.07) is 16.6. The Balaban J connectivity index is 0.00000300. The van der Waals surface area contributed by atoms with Crippen LogP contribution in [0.2, 0.25) is 0 Å². The molecule has 0 spiro atoms. The van der Waals surface area contributed by atoms with Crippen LogP contribution < -0.4 is 10.2 Å². The van der Waals surface area contributed by atoms with Crippen molar-refractivity contribution < 1.29 is 9.59 Å². The maximum atomic E-state index is 12.9. The van der Waals surface area contributed by atoms with Crippen molar-refractivity contribution in [3.63, 3.8) is 0 Å². The van der Waals surface area contributed by atoms with E-state index in [0.29, 0.717) is 17.0 Å². The first-order chi connectivity index (χ1) is 13.6. The number of hydrogen-bond acceptors (Lipinski definition) is 3. The van der Waals surface area contributed by atoms with Crippen LogP contribution in [0.3, 0.4) is 0 Å². The van der Waals surface area contributed by atoms with Crippen LogP contribution in [-0.4, -0.2) is 49.9 Å². The number of nitrogens with one attached hydrogen (secondary N) is 1. The summed E-state index contributed by atoms with van der Waals surface area (Å²) in [6.07, 6.45) is 2.04. The minimum Gasteiger partial charge on any atom is -0.339 e. The molecule has 0 atom stereocenters. The summed E-state index contributed by atoms with van der Waals surface area (Å²) in [5.41, 5.74) is 1.93. The second-order valence-corrected chi connectivity index (χ2v) is 7.32. The third-order valence-electron chi connectivity index (χ3n) is 5.39. The van der Waals surface area contributed by atoms with Crippen molar-refractivity contribution >= 4 is 29.9 Å². The number of benzene rings is 2. The molecule has 2 amide bonds. The van der Waals surface area contributed by atoms with Gasteiger partial charge in [0.1, 0.15) is 0 Å². The van der Waals surface area contributed by atoms with Gasteiger partial charge in [0, 0.05) is 37.0 Å². The fraction of sp³-hybridized carbons (Fsp3) is 0.391. The molecule has 2 aromatic rings. The number of likely N-dealkylation sites (tertiary alicyclic amines) is 1. The second kappa shape index (κ2) is 11.0. The van der Waals surface area contributed by atoms with Gasteiger partial charge in [-0.05, 0) is 62.2 Å². The van der Waals surface area contributed by atoms with Crippen molar-refractivity contribution in [1.29, 1.82) is 0 Å². The number of piperidine rings is 1. The number of amides is 2. The lowest BCUT2D eigenvalue weighted by Crippen LogP contribution is -2.40. The van der Waals surface area contributed by atoms with Crippen LogP contribution in [0.4, 0.5) is 5.69 Å². The zero-order valence-corrected chi connectivity index (χ0v) is 18.0. The van der Waals surface area contributed by atoms with Crippen molar-refractivity contribution in [3.8, 4) is 0 Å². The highest BCUT2D eigenvalue weighted by molar-refractivity contribution is 6.07. The number of para-hydroxylation sites is 1. The van der Waals surface area contributed by atoms with E-state index >= 15 is 0 Å². The molecule has 5 nitrogen and oxygen atoms in total. The van der Waals surface area contributed by atoms with E-state index < -0.39 is 0 Å². The maximum absolute atomic E-state index is 12.9. The Morgan fingerprint density at radius 2 is 1.69 bits per heavy atom. The molecule has 0 radical (unpaired) electrons. The number of rotatable bonds is 6. The number of anilines is 1. The van der Waals surface area contributed by atoms with Gasteiger partial charge in [-0.1, -0.05) is 31.2 Å². The van der Waals surface area contributed by atoms with E-state index in [2.05, 4.69) is 12.2 Å². The molecule has 156 valence electrons. The van der Waals surface area contributed by atoms with Gasteiger partial charge in [-0.15, -0.1) is 12.4 Å². The van der Waals surface area contributed by atoms with Gasteiger partial charge in [0.25, 0.3) is 11.8 Å². The largest absolute Gasteiger partial charge is 0.339 e. The number of carbonyl (C=O) groups excluding carboxylic acids is 2. The minimum atomic E-state index is -0.120. The highest BCUT2D eigenvalue weighted by Gasteiger charge is 2.24. The predicted octanol–water partition coefficient (Wildman–Crippen LogP) is 3.85. The Bertz CT molecular complexity index is 805. The molecular formula is C23H30ClN3O2. The average molecular weight is 416 g/mol. The van der Waals surface area contributed by atoms with E-state index in [1.54, 1.807) is 36.2 Å². The van der Waals surface area contributed by atoms with Gasteiger partial charge >= 0.3 is 0 Å². The molecule has 0 aliphatic carbocycles. The molecule has 0 bridgehead atoms. The summed E-state index contributed by atoms with van der Waals surface area (Å²) in [5, 5.41) is 3.39. The van der Waals surface area contributed by atoms with Gasteiger partial charge in [-0.25, -0.2) is 0 Å². The zero-order valence-electron chi connectivity index (χ0n) is 17.1. The molecule has 0 saturated carbocycles. The highest BCUT2D eigenvalue weighted by atomic mass is 35.5. The Labute approximate surface area is 179 Å². The van der Waals surface area contributed by atoms with E-state index in [1.165, 1.54) is 0 Å². The third kappa shape index (κ3) is 5.81. The van der Waals surface area contributed by atoms with Crippen molar-refractivity contribution in [2.45, 2.75) is 19.8 Å². The first kappa shape index (κ1) is 22.9. The summed E-state index contributed by atoms with van der Waals surface area (Å²) in [4.78, 5) is 29.3. The predicted molar refractivity (Wildman–Crippen MR) is 120 cm³/mol. The van der Waals surface area contributed by atoms with Crippen LogP contribution in [0.5, 0.6) is 0 Å². The molecule has 0 unspecified atom stereocenters. The molecule has 29 heavy (non-hydrogen) atoms. The smallest absolute Gasteiger partial charge is 0.258 e. The Morgan fingerprint density at radius 3 is 2.34 bits per heavy atom. The standard InChI is InChI=1S/C23H29N3O2.ClH/c1-3-24-17-18-12-14-26(15-13-18)23(28)20-9-7-8-19(16-20)22(27)25(2)21-10-5-4-6-11-21;/h4-11,16,18,24H,3,12-15,17H2,1-2H3;1H. The summed E-state index contributed by atoms with van der Waals surface area (Å²) in [7, 11) is 1.75. The molecule has 6 heteroatoms. The van der Waals surface area contributed by atoms with E-state index in [4.69, 9.17) is 0 Å². The van der Waals surface area contributed by atoms with Gasteiger partial charge in [-0.3, -0.25) is 9.59 Å². The Morgan fingerprint density at radius 1 is 1.03 bits per heavy atom. The van der Waals surface area contributed by atoms with E-state index in [9.17, 15) is 9.59 Å². The molecule has 1 N–H and O–H groups in total. The van der Waals surface area contributed by atoms with E-state index in [0.717, 1.165) is 44.7 Å². The van der Waals surface area contributed by atoms with Gasteiger partial charge < -0.3 is 15.1 Å². The van der Waals surface area contributed by atoms with Crippen LogP contribution in [0.1, 0.15) is 40.5 Å².